The Morgan fingerprint density at radius 3 is 2.42 bits per heavy atom. The van der Waals surface area contributed by atoms with Crippen molar-refractivity contribution in [2.45, 2.75) is 51.9 Å². The summed E-state index contributed by atoms with van der Waals surface area (Å²) in [7, 11) is 0. The molecule has 1 heterocycles. The molecule has 140 valence electrons. The number of aromatic nitrogens is 2. The van der Waals surface area contributed by atoms with Gasteiger partial charge < -0.3 is 10.4 Å². The van der Waals surface area contributed by atoms with Crippen LogP contribution in [0, 0.1) is 0 Å². The molecule has 0 aliphatic heterocycles. The van der Waals surface area contributed by atoms with Crippen LogP contribution in [0.25, 0.3) is 5.69 Å². The molecule has 0 unspecified atom stereocenters. The van der Waals surface area contributed by atoms with Gasteiger partial charge in [0.05, 0.1) is 16.9 Å². The van der Waals surface area contributed by atoms with Crippen LogP contribution < -0.4 is 5.32 Å². The van der Waals surface area contributed by atoms with E-state index < -0.39 is 5.97 Å². The maximum Gasteiger partial charge on any atom is 0.303 e. The Labute approximate surface area is 154 Å². The number of carboxylic acid groups (broad SMARTS) is 1. The summed E-state index contributed by atoms with van der Waals surface area (Å²) in [5, 5.41) is 16.2. The van der Waals surface area contributed by atoms with Crippen LogP contribution in [0.15, 0.2) is 36.5 Å². The third-order valence-electron chi connectivity index (χ3n) is 4.04. The van der Waals surface area contributed by atoms with E-state index in [2.05, 4.69) is 10.4 Å². The summed E-state index contributed by atoms with van der Waals surface area (Å²) in [4.78, 5) is 23.1. The first-order valence-corrected chi connectivity index (χ1v) is 8.94. The zero-order chi connectivity index (χ0) is 19.2. The van der Waals surface area contributed by atoms with Crippen LogP contribution in [0.4, 0.5) is 0 Å². The maximum atomic E-state index is 12.6. The highest BCUT2D eigenvalue weighted by Gasteiger charge is 2.26. The van der Waals surface area contributed by atoms with Gasteiger partial charge in [0.25, 0.3) is 5.91 Å². The van der Waals surface area contributed by atoms with E-state index in [1.54, 1.807) is 10.9 Å². The number of hydrogen-bond acceptors (Lipinski definition) is 3. The van der Waals surface area contributed by atoms with Crippen LogP contribution in [0.2, 0.25) is 0 Å². The van der Waals surface area contributed by atoms with Gasteiger partial charge in [0, 0.05) is 24.6 Å². The van der Waals surface area contributed by atoms with Gasteiger partial charge in [-0.15, -0.1) is 0 Å². The number of para-hydroxylation sites is 1. The average molecular weight is 357 g/mol. The number of aliphatic carboxylic acids is 1. The van der Waals surface area contributed by atoms with Gasteiger partial charge in [-0.05, 0) is 25.0 Å². The van der Waals surface area contributed by atoms with Crippen LogP contribution >= 0.6 is 0 Å². The largest absolute Gasteiger partial charge is 0.481 e. The summed E-state index contributed by atoms with van der Waals surface area (Å²) in [5.74, 6) is -0.924. The minimum absolute atomic E-state index is 0.143. The monoisotopic (exact) mass is 357 g/mol. The van der Waals surface area contributed by atoms with Gasteiger partial charge in [-0.3, -0.25) is 9.59 Å². The molecule has 0 saturated heterocycles. The van der Waals surface area contributed by atoms with Crippen molar-refractivity contribution in [1.29, 1.82) is 0 Å². The molecule has 1 aromatic heterocycles. The highest BCUT2D eigenvalue weighted by Crippen LogP contribution is 2.25. The molecule has 0 fully saturated rings. The van der Waals surface area contributed by atoms with Crippen LogP contribution in [0.3, 0.4) is 0 Å². The number of carboxylic acids is 1. The smallest absolute Gasteiger partial charge is 0.303 e. The number of amides is 1. The summed E-state index contributed by atoms with van der Waals surface area (Å²) in [6.07, 6.45) is 4.12. The standard InChI is InChI=1S/C20H27N3O3/c1-20(2,3)18-16(14-23(22-18)15-10-6-4-7-11-15)19(26)21-13-9-5-8-12-17(24)25/h4,6-7,10-11,14H,5,8-9,12-13H2,1-3H3,(H,21,26)(H,24,25). The molecule has 0 aliphatic carbocycles. The minimum Gasteiger partial charge on any atom is -0.481 e. The van der Waals surface area contributed by atoms with Crippen molar-refractivity contribution in [3.05, 3.63) is 47.8 Å². The number of rotatable bonds is 8. The fourth-order valence-electron chi connectivity index (χ4n) is 2.68. The van der Waals surface area contributed by atoms with Crippen molar-refractivity contribution < 1.29 is 14.7 Å². The van der Waals surface area contributed by atoms with E-state index in [9.17, 15) is 9.59 Å². The van der Waals surface area contributed by atoms with E-state index in [1.165, 1.54) is 0 Å². The number of carbonyl (C=O) groups excluding carboxylic acids is 1. The van der Waals surface area contributed by atoms with Crippen molar-refractivity contribution in [2.75, 3.05) is 6.54 Å². The van der Waals surface area contributed by atoms with Gasteiger partial charge in [0.2, 0.25) is 0 Å². The van der Waals surface area contributed by atoms with E-state index in [1.807, 2.05) is 51.1 Å². The lowest BCUT2D eigenvalue weighted by Crippen LogP contribution is -2.27. The molecule has 0 radical (unpaired) electrons. The number of nitrogens with zero attached hydrogens (tertiary/aromatic N) is 2. The van der Waals surface area contributed by atoms with Crippen LogP contribution in [0.1, 0.15) is 62.5 Å². The lowest BCUT2D eigenvalue weighted by Gasteiger charge is -2.17. The zero-order valence-electron chi connectivity index (χ0n) is 15.7. The second-order valence-electron chi connectivity index (χ2n) is 7.38. The summed E-state index contributed by atoms with van der Waals surface area (Å²) < 4.78 is 1.74. The average Bonchev–Trinajstić information content (AvgIpc) is 3.04. The number of unbranched alkanes of at least 4 members (excludes halogenated alkanes) is 2. The van der Waals surface area contributed by atoms with Gasteiger partial charge in [0.15, 0.2) is 0 Å². The zero-order valence-corrected chi connectivity index (χ0v) is 15.7. The summed E-state index contributed by atoms with van der Waals surface area (Å²) in [6, 6.07) is 9.71. The Morgan fingerprint density at radius 1 is 1.12 bits per heavy atom. The molecule has 2 N–H and O–H groups in total. The van der Waals surface area contributed by atoms with Gasteiger partial charge in [0.1, 0.15) is 0 Å². The van der Waals surface area contributed by atoms with E-state index >= 15 is 0 Å². The fraction of sp³-hybridized carbons (Fsp3) is 0.450. The molecule has 0 spiro atoms. The van der Waals surface area contributed by atoms with E-state index in [0.29, 0.717) is 18.5 Å². The Morgan fingerprint density at radius 2 is 1.81 bits per heavy atom. The maximum absolute atomic E-state index is 12.6. The van der Waals surface area contributed by atoms with Crippen LogP contribution in [0.5, 0.6) is 0 Å². The Hall–Kier alpha value is -2.63. The molecule has 6 nitrogen and oxygen atoms in total. The first-order chi connectivity index (χ1) is 12.3. The molecule has 26 heavy (non-hydrogen) atoms. The molecule has 2 rings (SSSR count). The quantitative estimate of drug-likeness (QED) is 0.708. The molecule has 0 saturated carbocycles. The van der Waals surface area contributed by atoms with Gasteiger partial charge in [-0.2, -0.15) is 5.10 Å². The van der Waals surface area contributed by atoms with Crippen LogP contribution in [-0.4, -0.2) is 33.3 Å². The minimum atomic E-state index is -0.780. The molecule has 6 heteroatoms. The highest BCUT2D eigenvalue weighted by molar-refractivity contribution is 5.95. The number of carbonyl (C=O) groups is 2. The highest BCUT2D eigenvalue weighted by atomic mass is 16.4. The molecule has 2 aromatic rings. The third kappa shape index (κ3) is 5.44. The first-order valence-electron chi connectivity index (χ1n) is 8.94. The summed E-state index contributed by atoms with van der Waals surface area (Å²) in [5.41, 5.74) is 1.98. The second-order valence-corrected chi connectivity index (χ2v) is 7.38. The lowest BCUT2D eigenvalue weighted by atomic mass is 9.89. The predicted octanol–water partition coefficient (Wildman–Crippen LogP) is 3.54. The first kappa shape index (κ1) is 19.7. The van der Waals surface area contributed by atoms with Crippen molar-refractivity contribution >= 4 is 11.9 Å². The van der Waals surface area contributed by atoms with Crippen LogP contribution in [-0.2, 0) is 10.2 Å². The number of benzene rings is 1. The van der Waals surface area contributed by atoms with Crippen molar-refractivity contribution in [3.63, 3.8) is 0 Å². The van der Waals surface area contributed by atoms with E-state index in [4.69, 9.17) is 5.11 Å². The van der Waals surface area contributed by atoms with E-state index in [0.717, 1.165) is 24.2 Å². The SMILES string of the molecule is CC(C)(C)c1nn(-c2ccccc2)cc1C(=O)NCCCCCC(=O)O. The Kier molecular flexibility index (Phi) is 6.55. The second kappa shape index (κ2) is 8.65. The molecule has 1 aromatic carbocycles. The lowest BCUT2D eigenvalue weighted by molar-refractivity contribution is -0.137. The summed E-state index contributed by atoms with van der Waals surface area (Å²) >= 11 is 0. The molecular formula is C20H27N3O3. The number of hydrogen-bond donors (Lipinski definition) is 2. The Balaban J connectivity index is 2.06. The molecule has 0 bridgehead atoms. The molecule has 0 atom stereocenters. The molecule has 0 aliphatic rings. The predicted molar refractivity (Wildman–Crippen MR) is 101 cm³/mol. The number of nitrogens with one attached hydrogen (secondary N) is 1. The van der Waals surface area contributed by atoms with Gasteiger partial charge in [-0.25, -0.2) is 4.68 Å². The topological polar surface area (TPSA) is 84.2 Å². The van der Waals surface area contributed by atoms with Crippen molar-refractivity contribution in [2.24, 2.45) is 0 Å². The van der Waals surface area contributed by atoms with E-state index in [-0.39, 0.29) is 17.7 Å². The summed E-state index contributed by atoms with van der Waals surface area (Å²) in [6.45, 7) is 6.63. The van der Waals surface area contributed by atoms with Crippen molar-refractivity contribution in [3.8, 4) is 5.69 Å². The fourth-order valence-corrected chi connectivity index (χ4v) is 2.68. The van der Waals surface area contributed by atoms with Gasteiger partial charge in [-0.1, -0.05) is 45.4 Å². The third-order valence-corrected chi connectivity index (χ3v) is 4.04. The molecule has 1 amide bonds. The molecular weight excluding hydrogens is 330 g/mol. The van der Waals surface area contributed by atoms with Crippen molar-refractivity contribution in [1.82, 2.24) is 15.1 Å². The van der Waals surface area contributed by atoms with Gasteiger partial charge >= 0.3 is 5.97 Å². The normalized spacial score (nSPS) is 11.3. The Bertz CT molecular complexity index is 745.